The molecule has 2 aromatic heterocycles. The molecule has 3 rings (SSSR count). The van der Waals surface area contributed by atoms with Crippen LogP contribution in [0.2, 0.25) is 0 Å². The minimum absolute atomic E-state index is 0.260. The van der Waals surface area contributed by atoms with Gasteiger partial charge in [0.2, 0.25) is 0 Å². The maximum atomic E-state index is 13.3. The lowest BCUT2D eigenvalue weighted by atomic mass is 10.2. The van der Waals surface area contributed by atoms with E-state index in [0.29, 0.717) is 12.4 Å². The van der Waals surface area contributed by atoms with Crippen LogP contribution < -0.4 is 5.73 Å². The maximum Gasteiger partial charge on any atom is 0.142 e. The van der Waals surface area contributed by atoms with Crippen molar-refractivity contribution in [2.24, 2.45) is 0 Å². The number of halogens is 1. The summed E-state index contributed by atoms with van der Waals surface area (Å²) in [7, 11) is 0. The number of rotatable bonds is 2. The van der Waals surface area contributed by atoms with Crippen molar-refractivity contribution in [3.63, 3.8) is 0 Å². The van der Waals surface area contributed by atoms with Gasteiger partial charge in [-0.25, -0.2) is 14.4 Å². The lowest BCUT2D eigenvalue weighted by Crippen LogP contribution is -1.98. The highest BCUT2D eigenvalue weighted by molar-refractivity contribution is 5.80. The molecule has 0 saturated carbocycles. The Kier molecular flexibility index (Phi) is 2.67. The van der Waals surface area contributed by atoms with Crippen molar-refractivity contribution in [3.8, 4) is 11.4 Å². The molecule has 0 fully saturated rings. The number of aromatic nitrogens is 3. The maximum absolute atomic E-state index is 13.3. The smallest absolute Gasteiger partial charge is 0.142 e. The summed E-state index contributed by atoms with van der Waals surface area (Å²) < 4.78 is 15.3. The van der Waals surface area contributed by atoms with Crippen LogP contribution >= 0.6 is 0 Å². The zero-order valence-corrected chi connectivity index (χ0v) is 10.5. The fourth-order valence-corrected chi connectivity index (χ4v) is 2.17. The molecule has 2 heterocycles. The SMILES string of the molecule is CCn1c(-c2ccc(N)nc2)nc2ccc(F)cc21. The van der Waals surface area contributed by atoms with Crippen LogP contribution in [0.4, 0.5) is 10.2 Å². The number of benzene rings is 1. The summed E-state index contributed by atoms with van der Waals surface area (Å²) >= 11 is 0. The third kappa shape index (κ3) is 1.93. The van der Waals surface area contributed by atoms with Crippen LogP contribution in [0, 0.1) is 5.82 Å². The van der Waals surface area contributed by atoms with E-state index >= 15 is 0 Å². The minimum Gasteiger partial charge on any atom is -0.384 e. The molecular weight excluding hydrogens is 243 g/mol. The molecule has 4 nitrogen and oxygen atoms in total. The molecule has 3 aromatic rings. The molecule has 0 unspecified atom stereocenters. The summed E-state index contributed by atoms with van der Waals surface area (Å²) in [6.07, 6.45) is 1.68. The van der Waals surface area contributed by atoms with Gasteiger partial charge in [0.1, 0.15) is 17.5 Å². The van der Waals surface area contributed by atoms with Gasteiger partial charge in [-0.3, -0.25) is 0 Å². The van der Waals surface area contributed by atoms with Gasteiger partial charge in [0.25, 0.3) is 0 Å². The first-order valence-corrected chi connectivity index (χ1v) is 6.06. The van der Waals surface area contributed by atoms with Crippen LogP contribution in [0.25, 0.3) is 22.4 Å². The highest BCUT2D eigenvalue weighted by atomic mass is 19.1. The number of nitrogen functional groups attached to an aromatic ring is 1. The van der Waals surface area contributed by atoms with Crippen molar-refractivity contribution in [2.45, 2.75) is 13.5 Å². The monoisotopic (exact) mass is 256 g/mol. The van der Waals surface area contributed by atoms with Crippen LogP contribution in [-0.4, -0.2) is 14.5 Å². The fourth-order valence-electron chi connectivity index (χ4n) is 2.17. The highest BCUT2D eigenvalue weighted by Gasteiger charge is 2.12. The van der Waals surface area contributed by atoms with Crippen molar-refractivity contribution < 1.29 is 4.39 Å². The van der Waals surface area contributed by atoms with Crippen molar-refractivity contribution in [3.05, 3.63) is 42.3 Å². The fraction of sp³-hybridized carbons (Fsp3) is 0.143. The number of nitrogens with two attached hydrogens (primary N) is 1. The summed E-state index contributed by atoms with van der Waals surface area (Å²) in [4.78, 5) is 8.61. The van der Waals surface area contributed by atoms with E-state index < -0.39 is 0 Å². The van der Waals surface area contributed by atoms with Crippen LogP contribution in [0.3, 0.4) is 0 Å². The van der Waals surface area contributed by atoms with Crippen LogP contribution in [0.15, 0.2) is 36.5 Å². The van der Waals surface area contributed by atoms with E-state index in [9.17, 15) is 4.39 Å². The Morgan fingerprint density at radius 1 is 1.26 bits per heavy atom. The van der Waals surface area contributed by atoms with E-state index in [4.69, 9.17) is 5.73 Å². The van der Waals surface area contributed by atoms with E-state index in [1.54, 1.807) is 18.3 Å². The number of anilines is 1. The second-order valence-electron chi connectivity index (χ2n) is 4.28. The van der Waals surface area contributed by atoms with Crippen molar-refractivity contribution in [1.82, 2.24) is 14.5 Å². The number of nitrogens with zero attached hydrogens (tertiary/aromatic N) is 3. The topological polar surface area (TPSA) is 56.7 Å². The van der Waals surface area contributed by atoms with E-state index in [1.165, 1.54) is 12.1 Å². The molecule has 0 amide bonds. The van der Waals surface area contributed by atoms with E-state index in [2.05, 4.69) is 9.97 Å². The Balaban J connectivity index is 2.25. The second kappa shape index (κ2) is 4.35. The van der Waals surface area contributed by atoms with Crippen LogP contribution in [0.1, 0.15) is 6.92 Å². The van der Waals surface area contributed by atoms with E-state index in [0.717, 1.165) is 22.4 Å². The molecular formula is C14H13FN4. The first-order valence-electron chi connectivity index (χ1n) is 6.06. The van der Waals surface area contributed by atoms with Gasteiger partial charge in [0, 0.05) is 18.3 Å². The summed E-state index contributed by atoms with van der Waals surface area (Å²) in [5.41, 5.74) is 8.01. The average molecular weight is 256 g/mol. The number of hydrogen-bond acceptors (Lipinski definition) is 3. The molecule has 0 aliphatic rings. The minimum atomic E-state index is -0.260. The van der Waals surface area contributed by atoms with Crippen molar-refractivity contribution in [2.75, 3.05) is 5.73 Å². The van der Waals surface area contributed by atoms with Gasteiger partial charge >= 0.3 is 0 Å². The molecule has 5 heteroatoms. The van der Waals surface area contributed by atoms with Crippen LogP contribution in [0.5, 0.6) is 0 Å². The van der Waals surface area contributed by atoms with E-state index in [1.807, 2.05) is 17.6 Å². The second-order valence-corrected chi connectivity index (χ2v) is 4.28. The summed E-state index contributed by atoms with van der Waals surface area (Å²) in [6.45, 7) is 2.71. The summed E-state index contributed by atoms with van der Waals surface area (Å²) in [6, 6.07) is 8.20. The van der Waals surface area contributed by atoms with Gasteiger partial charge < -0.3 is 10.3 Å². The lowest BCUT2D eigenvalue weighted by Gasteiger charge is -2.05. The molecule has 0 saturated heterocycles. The van der Waals surface area contributed by atoms with Crippen molar-refractivity contribution >= 4 is 16.9 Å². The molecule has 0 spiro atoms. The third-order valence-corrected chi connectivity index (χ3v) is 3.07. The third-order valence-electron chi connectivity index (χ3n) is 3.07. The molecule has 0 aliphatic carbocycles. The van der Waals surface area contributed by atoms with Gasteiger partial charge in [0.15, 0.2) is 0 Å². The van der Waals surface area contributed by atoms with Gasteiger partial charge in [-0.15, -0.1) is 0 Å². The van der Waals surface area contributed by atoms with Gasteiger partial charge in [-0.05, 0) is 37.3 Å². The number of hydrogen-bond donors (Lipinski definition) is 1. The molecule has 2 N–H and O–H groups in total. The molecule has 0 bridgehead atoms. The molecule has 19 heavy (non-hydrogen) atoms. The van der Waals surface area contributed by atoms with Crippen LogP contribution in [-0.2, 0) is 6.54 Å². The Bertz CT molecular complexity index is 731. The Morgan fingerprint density at radius 2 is 2.11 bits per heavy atom. The van der Waals surface area contributed by atoms with Crippen molar-refractivity contribution in [1.29, 1.82) is 0 Å². The zero-order valence-electron chi connectivity index (χ0n) is 10.5. The van der Waals surface area contributed by atoms with Gasteiger partial charge in [0.05, 0.1) is 11.0 Å². The summed E-state index contributed by atoms with van der Waals surface area (Å²) in [5, 5.41) is 0. The predicted octanol–water partition coefficient (Wildman–Crippen LogP) is 2.84. The first kappa shape index (κ1) is 11.6. The molecule has 0 aliphatic heterocycles. The number of aryl methyl sites for hydroxylation is 1. The normalized spacial score (nSPS) is 11.1. The largest absolute Gasteiger partial charge is 0.384 e. The highest BCUT2D eigenvalue weighted by Crippen LogP contribution is 2.25. The first-order chi connectivity index (χ1) is 9.19. The Labute approximate surface area is 109 Å². The molecule has 96 valence electrons. The summed E-state index contributed by atoms with van der Waals surface area (Å²) in [5.74, 6) is 0.980. The molecule has 1 aromatic carbocycles. The average Bonchev–Trinajstić information content (AvgIpc) is 2.77. The number of fused-ring (bicyclic) bond motifs is 1. The molecule has 0 atom stereocenters. The quantitative estimate of drug-likeness (QED) is 0.767. The van der Waals surface area contributed by atoms with E-state index in [-0.39, 0.29) is 5.82 Å². The predicted molar refractivity (Wildman–Crippen MR) is 73.0 cm³/mol. The number of pyridine rings is 1. The van der Waals surface area contributed by atoms with Gasteiger partial charge in [-0.1, -0.05) is 0 Å². The Hall–Kier alpha value is -2.43. The lowest BCUT2D eigenvalue weighted by molar-refractivity contribution is 0.628. The zero-order chi connectivity index (χ0) is 13.4. The number of imidazole rings is 1. The Morgan fingerprint density at radius 3 is 2.79 bits per heavy atom. The molecule has 0 radical (unpaired) electrons. The van der Waals surface area contributed by atoms with Gasteiger partial charge in [-0.2, -0.15) is 0 Å². The standard InChI is InChI=1S/C14H13FN4/c1-2-19-12-7-10(15)4-5-11(12)18-14(19)9-3-6-13(16)17-8-9/h3-8H,2H2,1H3,(H2,16,17).